The van der Waals surface area contributed by atoms with Gasteiger partial charge in [-0.15, -0.1) is 0 Å². The van der Waals surface area contributed by atoms with Gasteiger partial charge in [0.25, 0.3) is 0 Å². The van der Waals surface area contributed by atoms with Crippen LogP contribution in [0.15, 0.2) is 0 Å². The second-order valence-electron chi connectivity index (χ2n) is 1.18. The van der Waals surface area contributed by atoms with Gasteiger partial charge in [-0.25, -0.2) is 19.2 Å². The molecule has 0 saturated heterocycles. The molecule has 0 heterocycles. The first-order valence-corrected chi connectivity index (χ1v) is 6.02. The highest BCUT2D eigenvalue weighted by atomic mass is 31.2. The number of hydrogen-bond acceptors (Lipinski definition) is 3. The molecule has 0 aliphatic carbocycles. The van der Waals surface area contributed by atoms with Gasteiger partial charge in [-0.2, -0.15) is 0 Å². The minimum atomic E-state index is -4.64. The molecule has 0 fully saturated rings. The summed E-state index contributed by atoms with van der Waals surface area (Å²) in [6.07, 6.45) is 0. The summed E-state index contributed by atoms with van der Waals surface area (Å²) < 4.78 is 26.4. The maximum absolute atomic E-state index is 9.10. The van der Waals surface area contributed by atoms with Crippen molar-refractivity contribution in [2.45, 2.75) is 0 Å². The minimum absolute atomic E-state index is 0.833. The van der Waals surface area contributed by atoms with E-state index in [0.29, 0.717) is 0 Å². The Hall–Kier alpha value is 0.280. The summed E-state index contributed by atoms with van der Waals surface area (Å²) in [6.45, 7) is 0. The highest BCUT2D eigenvalue weighted by Gasteiger charge is 2.00. The third-order valence-electron chi connectivity index (χ3n) is 0. The van der Waals surface area contributed by atoms with Crippen LogP contribution in [0, 0.1) is 0 Å². The lowest BCUT2D eigenvalue weighted by Crippen LogP contribution is -1.87. The van der Waals surface area contributed by atoms with Gasteiger partial charge < -0.3 is 29.4 Å². The minimum Gasteiger partial charge on any atom is -0.313 e. The summed E-state index contributed by atoms with van der Waals surface area (Å²) in [7, 11) is -9.61. The van der Waals surface area contributed by atoms with Crippen LogP contribution in [0.25, 0.3) is 0 Å². The second-order valence-corrected chi connectivity index (χ2v) is 3.55. The Morgan fingerprint density at radius 1 is 1.00 bits per heavy atom. The van der Waals surface area contributed by atoms with Crippen molar-refractivity contribution in [2.75, 3.05) is 0 Å². The molecule has 0 rings (SSSR count). The standard InChI is InChI=1S/H4NO3P.H3O4P.HO2P/c2*1-5(2,3)4;1-3-2/h(H4,1,2,3,4);(H3,1,2,3,4);(H,1,2). The Morgan fingerprint density at radius 3 is 1.00 bits per heavy atom. The monoisotopic (exact) mass is 259 g/mol. The summed E-state index contributed by atoms with van der Waals surface area (Å²) in [6, 6.07) is 0. The molecule has 0 aliphatic rings. The van der Waals surface area contributed by atoms with Crippen molar-refractivity contribution in [3.8, 4) is 0 Å². The van der Waals surface area contributed by atoms with E-state index in [-0.39, 0.29) is 0 Å². The lowest BCUT2D eigenvalue weighted by atomic mass is 13.9. The number of hydrogen-bond donors (Lipinski definition) is 7. The fourth-order valence-corrected chi connectivity index (χ4v) is 0. The molecule has 0 spiro atoms. The molecule has 82 valence electrons. The average molecular weight is 259 g/mol. The first kappa shape index (κ1) is 18.9. The van der Waals surface area contributed by atoms with E-state index in [1.165, 1.54) is 0 Å². The molecule has 0 aromatic carbocycles. The molecule has 0 unspecified atom stereocenters. The smallest absolute Gasteiger partial charge is 0.313 e. The largest absolute Gasteiger partial charge is 0.466 e. The lowest BCUT2D eigenvalue weighted by Gasteiger charge is -1.84. The predicted octanol–water partition coefficient (Wildman–Crippen LogP) is -1.71. The van der Waals surface area contributed by atoms with E-state index in [9.17, 15) is 0 Å². The number of rotatable bonds is 0. The Bertz CT molecular complexity index is 160. The van der Waals surface area contributed by atoms with Gasteiger partial charge in [0.15, 0.2) is 0 Å². The van der Waals surface area contributed by atoms with Gasteiger partial charge in [-0.3, -0.25) is 0 Å². The van der Waals surface area contributed by atoms with Crippen molar-refractivity contribution < 1.29 is 43.1 Å². The van der Waals surface area contributed by atoms with Gasteiger partial charge in [0, 0.05) is 0 Å². The molecule has 13 heteroatoms. The van der Waals surface area contributed by atoms with Crippen LogP contribution in [0.4, 0.5) is 0 Å². The Morgan fingerprint density at radius 2 is 1.00 bits per heavy atom. The van der Waals surface area contributed by atoms with Gasteiger partial charge in [-0.1, -0.05) is 0 Å². The Balaban J connectivity index is -0.000000120. The van der Waals surface area contributed by atoms with Crippen molar-refractivity contribution in [1.82, 2.24) is 0 Å². The van der Waals surface area contributed by atoms with Gasteiger partial charge in [0.2, 0.25) is 0 Å². The molecule has 0 radical (unpaired) electrons. The molecular weight excluding hydrogens is 251 g/mol. The predicted molar refractivity (Wildman–Crippen MR) is 40.3 cm³/mol. The van der Waals surface area contributed by atoms with Crippen molar-refractivity contribution >= 4 is 24.3 Å². The van der Waals surface area contributed by atoms with Crippen LogP contribution < -0.4 is 5.50 Å². The number of nitrogens with two attached hydrogens (primary N) is 1. The van der Waals surface area contributed by atoms with Crippen LogP contribution in [0.1, 0.15) is 0 Å². The first-order chi connectivity index (χ1) is 5.41. The van der Waals surface area contributed by atoms with E-state index in [4.69, 9.17) is 43.1 Å². The van der Waals surface area contributed by atoms with E-state index in [2.05, 4.69) is 5.50 Å². The van der Waals surface area contributed by atoms with Crippen molar-refractivity contribution in [2.24, 2.45) is 5.50 Å². The summed E-state index contributed by atoms with van der Waals surface area (Å²) in [5.74, 6) is 0. The Labute approximate surface area is 73.8 Å². The van der Waals surface area contributed by atoms with E-state index in [1.807, 2.05) is 0 Å². The fraction of sp³-hybridized carbons (Fsp3) is 0. The maximum atomic E-state index is 9.10. The lowest BCUT2D eigenvalue weighted by molar-refractivity contribution is 0.275. The summed E-state index contributed by atoms with van der Waals surface area (Å²) >= 11 is 0. The highest BCUT2D eigenvalue weighted by molar-refractivity contribution is 7.49. The van der Waals surface area contributed by atoms with Crippen molar-refractivity contribution in [3.05, 3.63) is 0 Å². The topological polar surface area (TPSA) is 199 Å². The van der Waals surface area contributed by atoms with Crippen LogP contribution in [0.2, 0.25) is 0 Å². The van der Waals surface area contributed by atoms with Gasteiger partial charge in [0.1, 0.15) is 0 Å². The average Bonchev–Trinajstić information content (AvgIpc) is 1.52. The summed E-state index contributed by atoms with van der Waals surface area (Å²) in [5, 5.41) is 0. The molecule has 10 nitrogen and oxygen atoms in total. The molecule has 0 aromatic rings. The summed E-state index contributed by atoms with van der Waals surface area (Å²) in [5.41, 5.74) is 4.02. The SMILES string of the molecule is NP(=O)(O)O.O=P(O)(O)O.O=PO. The third-order valence-corrected chi connectivity index (χ3v) is 0. The van der Waals surface area contributed by atoms with Crippen LogP contribution in [-0.4, -0.2) is 29.4 Å². The molecule has 0 amide bonds. The maximum Gasteiger partial charge on any atom is 0.466 e. The molecule has 13 heavy (non-hydrogen) atoms. The summed E-state index contributed by atoms with van der Waals surface area (Å²) in [4.78, 5) is 43.4. The molecule has 0 saturated carbocycles. The van der Waals surface area contributed by atoms with Crippen LogP contribution >= 0.6 is 24.3 Å². The normalized spacial score (nSPS) is 10.7. The zero-order valence-corrected chi connectivity index (χ0v) is 8.51. The van der Waals surface area contributed by atoms with Crippen molar-refractivity contribution in [1.29, 1.82) is 0 Å². The zero-order valence-electron chi connectivity index (χ0n) is 5.83. The molecule has 8 N–H and O–H groups in total. The first-order valence-electron chi connectivity index (χ1n) is 2.01. The van der Waals surface area contributed by atoms with Gasteiger partial charge in [0.05, 0.1) is 0 Å². The van der Waals surface area contributed by atoms with Crippen LogP contribution in [0.3, 0.4) is 0 Å². The van der Waals surface area contributed by atoms with Crippen LogP contribution in [0.5, 0.6) is 0 Å². The Kier molecular flexibility index (Phi) is 12.9. The molecule has 0 bridgehead atoms. The van der Waals surface area contributed by atoms with E-state index >= 15 is 0 Å². The van der Waals surface area contributed by atoms with Crippen molar-refractivity contribution in [3.63, 3.8) is 0 Å². The van der Waals surface area contributed by atoms with E-state index in [0.717, 1.165) is 0 Å². The molecule has 0 aromatic heterocycles. The molecule has 0 aliphatic heterocycles. The van der Waals surface area contributed by atoms with Gasteiger partial charge >= 0.3 is 24.3 Å². The zero-order chi connectivity index (χ0) is 11.7. The molecule has 0 atom stereocenters. The second kappa shape index (κ2) is 8.86. The van der Waals surface area contributed by atoms with Crippen LogP contribution in [-0.2, 0) is 13.7 Å². The quantitative estimate of drug-likeness (QED) is 0.246. The van der Waals surface area contributed by atoms with E-state index < -0.39 is 24.3 Å². The third kappa shape index (κ3) is 16600. The van der Waals surface area contributed by atoms with Gasteiger partial charge in [-0.05, 0) is 0 Å². The molecular formula is H8NO9P3. The fourth-order valence-electron chi connectivity index (χ4n) is 0. The number of phosphoric acid groups is 1. The highest BCUT2D eigenvalue weighted by Crippen LogP contribution is 2.25. The van der Waals surface area contributed by atoms with E-state index in [1.54, 1.807) is 0 Å².